The van der Waals surface area contributed by atoms with E-state index in [9.17, 15) is 4.79 Å². The molecule has 4 heteroatoms. The number of ether oxygens (including phenoxy) is 1. The molecule has 0 radical (unpaired) electrons. The number of hydrogen-bond acceptors (Lipinski definition) is 3. The van der Waals surface area contributed by atoms with Crippen molar-refractivity contribution in [2.75, 3.05) is 31.1 Å². The number of anilines is 1. The van der Waals surface area contributed by atoms with Gasteiger partial charge in [-0.1, -0.05) is 43.3 Å². The Morgan fingerprint density at radius 1 is 1.04 bits per heavy atom. The highest BCUT2D eigenvalue weighted by atomic mass is 16.5. The monoisotopic (exact) mass is 352 g/mol. The van der Waals surface area contributed by atoms with Crippen LogP contribution in [0.1, 0.15) is 26.2 Å². The summed E-state index contributed by atoms with van der Waals surface area (Å²) in [6.45, 7) is 5.59. The molecule has 3 rings (SSSR count). The summed E-state index contributed by atoms with van der Waals surface area (Å²) in [6.07, 6.45) is 2.88. The van der Waals surface area contributed by atoms with Crippen LogP contribution in [0.25, 0.3) is 0 Å². The fourth-order valence-electron chi connectivity index (χ4n) is 3.38. The smallest absolute Gasteiger partial charge is 0.226 e. The highest BCUT2D eigenvalue weighted by Crippen LogP contribution is 2.19. The largest absolute Gasteiger partial charge is 0.490 e. The van der Waals surface area contributed by atoms with Gasteiger partial charge in [-0.3, -0.25) is 4.79 Å². The van der Waals surface area contributed by atoms with Crippen molar-refractivity contribution in [1.29, 1.82) is 0 Å². The van der Waals surface area contributed by atoms with E-state index in [1.807, 2.05) is 72.5 Å². The molecule has 0 saturated carbocycles. The number of rotatable bonds is 7. The van der Waals surface area contributed by atoms with E-state index in [2.05, 4.69) is 4.90 Å². The van der Waals surface area contributed by atoms with Crippen LogP contribution >= 0.6 is 0 Å². The SMILES string of the molecule is CCC(=O)N(CCN1CCC(Oc2ccccc2)CC1)c1ccccc1. The third kappa shape index (κ3) is 5.09. The van der Waals surface area contributed by atoms with Crippen LogP contribution in [0.3, 0.4) is 0 Å². The van der Waals surface area contributed by atoms with Crippen LogP contribution in [0.5, 0.6) is 5.75 Å². The van der Waals surface area contributed by atoms with Crippen LogP contribution in [0.4, 0.5) is 5.69 Å². The van der Waals surface area contributed by atoms with Crippen molar-refractivity contribution in [2.45, 2.75) is 32.3 Å². The number of amides is 1. The van der Waals surface area contributed by atoms with Crippen molar-refractivity contribution in [3.05, 3.63) is 60.7 Å². The molecule has 1 fully saturated rings. The molecule has 4 nitrogen and oxygen atoms in total. The number of para-hydroxylation sites is 2. The average molecular weight is 352 g/mol. The normalized spacial score (nSPS) is 15.6. The Balaban J connectivity index is 1.48. The third-order valence-corrected chi connectivity index (χ3v) is 4.89. The van der Waals surface area contributed by atoms with Crippen LogP contribution in [-0.2, 0) is 4.79 Å². The molecule has 0 unspecified atom stereocenters. The quantitative estimate of drug-likeness (QED) is 0.756. The minimum absolute atomic E-state index is 0.179. The van der Waals surface area contributed by atoms with E-state index in [4.69, 9.17) is 4.74 Å². The minimum Gasteiger partial charge on any atom is -0.490 e. The topological polar surface area (TPSA) is 32.8 Å². The van der Waals surface area contributed by atoms with Gasteiger partial charge in [0.05, 0.1) is 0 Å². The summed E-state index contributed by atoms with van der Waals surface area (Å²) < 4.78 is 6.06. The number of piperidine rings is 1. The Bertz CT molecular complexity index is 667. The molecule has 1 heterocycles. The van der Waals surface area contributed by atoms with Crippen LogP contribution in [0.2, 0.25) is 0 Å². The number of hydrogen-bond donors (Lipinski definition) is 0. The van der Waals surface area contributed by atoms with Crippen LogP contribution < -0.4 is 9.64 Å². The Kier molecular flexibility index (Phi) is 6.67. The van der Waals surface area contributed by atoms with Crippen LogP contribution in [0, 0.1) is 0 Å². The molecule has 0 atom stereocenters. The molecule has 1 aliphatic heterocycles. The number of nitrogens with zero attached hydrogens (tertiary/aromatic N) is 2. The first-order valence-electron chi connectivity index (χ1n) is 9.55. The van der Waals surface area contributed by atoms with Crippen molar-refractivity contribution in [3.8, 4) is 5.75 Å². The highest BCUT2D eigenvalue weighted by Gasteiger charge is 2.22. The number of benzene rings is 2. The molecule has 2 aromatic rings. The minimum atomic E-state index is 0.179. The molecule has 138 valence electrons. The first-order chi connectivity index (χ1) is 12.8. The highest BCUT2D eigenvalue weighted by molar-refractivity contribution is 5.93. The van der Waals surface area contributed by atoms with Gasteiger partial charge >= 0.3 is 0 Å². The van der Waals surface area contributed by atoms with E-state index in [0.29, 0.717) is 6.42 Å². The molecular formula is C22H28N2O2. The second-order valence-corrected chi connectivity index (χ2v) is 6.71. The summed E-state index contributed by atoms with van der Waals surface area (Å²) in [4.78, 5) is 16.7. The van der Waals surface area contributed by atoms with Crippen molar-refractivity contribution in [2.24, 2.45) is 0 Å². The van der Waals surface area contributed by atoms with E-state index >= 15 is 0 Å². The van der Waals surface area contributed by atoms with Crippen molar-refractivity contribution >= 4 is 11.6 Å². The van der Waals surface area contributed by atoms with Crippen LogP contribution in [-0.4, -0.2) is 43.1 Å². The molecule has 26 heavy (non-hydrogen) atoms. The first kappa shape index (κ1) is 18.5. The van der Waals surface area contributed by atoms with Crippen LogP contribution in [0.15, 0.2) is 60.7 Å². The summed E-state index contributed by atoms with van der Waals surface area (Å²) in [5.41, 5.74) is 0.988. The van der Waals surface area contributed by atoms with E-state index < -0.39 is 0 Å². The molecule has 1 aliphatic rings. The second kappa shape index (κ2) is 9.39. The summed E-state index contributed by atoms with van der Waals surface area (Å²) in [6, 6.07) is 20.0. The van der Waals surface area contributed by atoms with E-state index in [0.717, 1.165) is 50.5 Å². The lowest BCUT2D eigenvalue weighted by Crippen LogP contribution is -2.43. The summed E-state index contributed by atoms with van der Waals surface area (Å²) in [5, 5.41) is 0. The average Bonchev–Trinajstić information content (AvgIpc) is 2.71. The molecule has 2 aromatic carbocycles. The number of carbonyl (C=O) groups excluding carboxylic acids is 1. The van der Waals surface area contributed by atoms with Gasteiger partial charge in [-0.25, -0.2) is 0 Å². The summed E-state index contributed by atoms with van der Waals surface area (Å²) >= 11 is 0. The molecule has 0 spiro atoms. The van der Waals surface area contributed by atoms with Gasteiger partial charge in [0.25, 0.3) is 0 Å². The lowest BCUT2D eigenvalue weighted by molar-refractivity contribution is -0.118. The Labute approximate surface area is 156 Å². The fraction of sp³-hybridized carbons (Fsp3) is 0.409. The predicted octanol–water partition coefficient (Wildman–Crippen LogP) is 3.97. The Morgan fingerprint density at radius 2 is 1.65 bits per heavy atom. The molecule has 1 saturated heterocycles. The zero-order valence-electron chi connectivity index (χ0n) is 15.5. The van der Waals surface area contributed by atoms with Gasteiger partial charge in [0.2, 0.25) is 5.91 Å². The van der Waals surface area contributed by atoms with Gasteiger partial charge in [0.15, 0.2) is 0 Å². The molecular weight excluding hydrogens is 324 g/mol. The molecule has 1 amide bonds. The lowest BCUT2D eigenvalue weighted by Gasteiger charge is -2.33. The Hall–Kier alpha value is -2.33. The van der Waals surface area contributed by atoms with Crippen molar-refractivity contribution in [3.63, 3.8) is 0 Å². The van der Waals surface area contributed by atoms with Gasteiger partial charge in [-0.05, 0) is 37.1 Å². The number of likely N-dealkylation sites (tertiary alicyclic amines) is 1. The predicted molar refractivity (Wildman–Crippen MR) is 106 cm³/mol. The first-order valence-corrected chi connectivity index (χ1v) is 9.55. The summed E-state index contributed by atoms with van der Waals surface area (Å²) in [7, 11) is 0. The van der Waals surface area contributed by atoms with Gasteiger partial charge in [-0.15, -0.1) is 0 Å². The fourth-order valence-corrected chi connectivity index (χ4v) is 3.38. The third-order valence-electron chi connectivity index (χ3n) is 4.89. The van der Waals surface area contributed by atoms with Gasteiger partial charge in [-0.2, -0.15) is 0 Å². The second-order valence-electron chi connectivity index (χ2n) is 6.71. The lowest BCUT2D eigenvalue weighted by atomic mass is 10.1. The Morgan fingerprint density at radius 3 is 2.27 bits per heavy atom. The maximum absolute atomic E-state index is 12.3. The van der Waals surface area contributed by atoms with Gasteiger partial charge < -0.3 is 14.5 Å². The van der Waals surface area contributed by atoms with Crippen molar-refractivity contribution in [1.82, 2.24) is 4.90 Å². The molecule has 0 aliphatic carbocycles. The number of carbonyl (C=O) groups is 1. The van der Waals surface area contributed by atoms with Crippen molar-refractivity contribution < 1.29 is 9.53 Å². The maximum atomic E-state index is 12.3. The summed E-state index contributed by atoms with van der Waals surface area (Å²) in [5.74, 6) is 1.13. The molecule has 0 bridgehead atoms. The maximum Gasteiger partial charge on any atom is 0.226 e. The molecule has 0 aromatic heterocycles. The van der Waals surface area contributed by atoms with Gasteiger partial charge in [0, 0.05) is 38.3 Å². The molecule has 0 N–H and O–H groups in total. The van der Waals surface area contributed by atoms with Gasteiger partial charge in [0.1, 0.15) is 11.9 Å². The zero-order valence-corrected chi connectivity index (χ0v) is 15.5. The van der Waals surface area contributed by atoms with E-state index in [-0.39, 0.29) is 12.0 Å². The standard InChI is InChI=1S/C22H28N2O2/c1-2-22(25)24(19-9-5-3-6-10-19)18-17-23-15-13-21(14-16-23)26-20-11-7-4-8-12-20/h3-12,21H,2,13-18H2,1H3. The zero-order chi connectivity index (χ0) is 18.2. The van der Waals surface area contributed by atoms with E-state index in [1.165, 1.54) is 0 Å². The van der Waals surface area contributed by atoms with E-state index in [1.54, 1.807) is 0 Å².